The van der Waals surface area contributed by atoms with Crippen LogP contribution in [-0.2, 0) is 10.0 Å². The molecule has 6 nitrogen and oxygen atoms in total. The van der Waals surface area contributed by atoms with Crippen molar-refractivity contribution >= 4 is 38.5 Å². The highest BCUT2D eigenvalue weighted by molar-refractivity contribution is 7.92. The lowest BCUT2D eigenvalue weighted by Gasteiger charge is -2.07. The minimum absolute atomic E-state index is 0.00158. The number of hydrogen-bond donors (Lipinski definition) is 2. The molecular weight excluding hydrogens is 300 g/mol. The van der Waals surface area contributed by atoms with Gasteiger partial charge in [0, 0.05) is 6.20 Å². The summed E-state index contributed by atoms with van der Waals surface area (Å²) in [6.45, 7) is 0. The first kappa shape index (κ1) is 12.9. The second kappa shape index (κ2) is 4.77. The van der Waals surface area contributed by atoms with Crippen LogP contribution in [0.4, 0.5) is 5.82 Å². The molecule has 0 aliphatic carbocycles. The Morgan fingerprint density at radius 1 is 1.15 bits per heavy atom. The maximum absolute atomic E-state index is 12.3. The number of H-pyrrole nitrogens is 1. The van der Waals surface area contributed by atoms with Crippen molar-refractivity contribution < 1.29 is 8.42 Å². The van der Waals surface area contributed by atoms with E-state index < -0.39 is 10.0 Å². The highest BCUT2D eigenvalue weighted by atomic mass is 35.5. The number of anilines is 1. The van der Waals surface area contributed by atoms with Crippen LogP contribution in [0.2, 0.25) is 5.02 Å². The van der Waals surface area contributed by atoms with Gasteiger partial charge in [-0.05, 0) is 24.3 Å². The summed E-state index contributed by atoms with van der Waals surface area (Å²) in [6, 6.07) is 9.62. The van der Waals surface area contributed by atoms with Gasteiger partial charge in [-0.1, -0.05) is 23.7 Å². The zero-order valence-electron chi connectivity index (χ0n) is 10.0. The molecule has 8 heteroatoms. The van der Waals surface area contributed by atoms with E-state index in [-0.39, 0.29) is 15.7 Å². The molecule has 0 atom stereocenters. The minimum atomic E-state index is -3.80. The van der Waals surface area contributed by atoms with E-state index in [2.05, 4.69) is 19.9 Å². The number of halogens is 1. The van der Waals surface area contributed by atoms with Crippen LogP contribution in [0.1, 0.15) is 0 Å². The van der Waals surface area contributed by atoms with Crippen LogP contribution in [0.25, 0.3) is 11.0 Å². The Morgan fingerprint density at radius 3 is 2.75 bits per heavy atom. The molecule has 0 bridgehead atoms. The topological polar surface area (TPSA) is 87.7 Å². The van der Waals surface area contributed by atoms with Gasteiger partial charge in [0.05, 0.1) is 10.4 Å². The van der Waals surface area contributed by atoms with Gasteiger partial charge in [0.2, 0.25) is 0 Å². The summed E-state index contributed by atoms with van der Waals surface area (Å²) in [4.78, 5) is 4.04. The molecule has 3 rings (SSSR count). The van der Waals surface area contributed by atoms with Crippen LogP contribution in [-0.4, -0.2) is 23.6 Å². The van der Waals surface area contributed by atoms with E-state index in [0.717, 1.165) is 0 Å². The summed E-state index contributed by atoms with van der Waals surface area (Å²) in [6.07, 6.45) is 1.59. The second-order valence-corrected chi connectivity index (χ2v) is 6.07. The van der Waals surface area contributed by atoms with E-state index in [4.69, 9.17) is 11.6 Å². The first-order chi connectivity index (χ1) is 9.58. The molecule has 0 aliphatic heterocycles. The summed E-state index contributed by atoms with van der Waals surface area (Å²) >= 11 is 5.91. The Morgan fingerprint density at radius 2 is 1.95 bits per heavy atom. The second-order valence-electron chi connectivity index (χ2n) is 4.01. The van der Waals surface area contributed by atoms with Crippen LogP contribution < -0.4 is 4.72 Å². The molecule has 0 aliphatic rings. The number of pyridine rings is 1. The van der Waals surface area contributed by atoms with Gasteiger partial charge in [-0.15, -0.1) is 0 Å². The predicted octanol–water partition coefficient (Wildman–Crippen LogP) is 2.41. The largest absolute Gasteiger partial charge is 0.264 e. The fraction of sp³-hybridized carbons (Fsp3) is 0. The standard InChI is InChI=1S/C12H9ClN4O2S/c13-9-5-1-2-6-10(9)20(18,19)17-12-8-4-3-7-14-11(8)15-16-12/h1-7H,(H2,14,15,16,17). The van der Waals surface area contributed by atoms with Crippen molar-refractivity contribution in [3.63, 3.8) is 0 Å². The van der Waals surface area contributed by atoms with Crippen molar-refractivity contribution in [3.8, 4) is 0 Å². The van der Waals surface area contributed by atoms with Gasteiger partial charge in [-0.2, -0.15) is 5.10 Å². The van der Waals surface area contributed by atoms with Crippen molar-refractivity contribution in [2.45, 2.75) is 4.90 Å². The Hall–Kier alpha value is -2.12. The monoisotopic (exact) mass is 308 g/mol. The number of rotatable bonds is 3. The third-order valence-electron chi connectivity index (χ3n) is 2.69. The van der Waals surface area contributed by atoms with Gasteiger partial charge in [0.1, 0.15) is 4.90 Å². The van der Waals surface area contributed by atoms with E-state index in [0.29, 0.717) is 11.0 Å². The molecule has 20 heavy (non-hydrogen) atoms. The van der Waals surface area contributed by atoms with Crippen LogP contribution in [0.5, 0.6) is 0 Å². The minimum Gasteiger partial charge on any atom is -0.261 e. The summed E-state index contributed by atoms with van der Waals surface area (Å²) in [5.41, 5.74) is 0.504. The maximum atomic E-state index is 12.3. The number of nitrogens with zero attached hydrogens (tertiary/aromatic N) is 2. The SMILES string of the molecule is O=S(=O)(Nc1n[nH]c2ncccc12)c1ccccc1Cl. The fourth-order valence-electron chi connectivity index (χ4n) is 1.78. The number of aromatic amines is 1. The summed E-state index contributed by atoms with van der Waals surface area (Å²) in [5.74, 6) is 0.188. The van der Waals surface area contributed by atoms with Crippen LogP contribution in [0.3, 0.4) is 0 Å². The van der Waals surface area contributed by atoms with E-state index in [9.17, 15) is 8.42 Å². The van der Waals surface area contributed by atoms with Crippen molar-refractivity contribution in [1.29, 1.82) is 0 Å². The summed E-state index contributed by atoms with van der Waals surface area (Å²) < 4.78 is 27.0. The molecule has 0 radical (unpaired) electrons. The van der Waals surface area contributed by atoms with Crippen LogP contribution in [0, 0.1) is 0 Å². The van der Waals surface area contributed by atoms with E-state index >= 15 is 0 Å². The number of nitrogens with one attached hydrogen (secondary N) is 2. The Kier molecular flexibility index (Phi) is 3.07. The molecule has 0 saturated heterocycles. The normalized spacial score (nSPS) is 11.7. The van der Waals surface area contributed by atoms with Crippen molar-refractivity contribution in [3.05, 3.63) is 47.6 Å². The third-order valence-corrected chi connectivity index (χ3v) is 4.53. The van der Waals surface area contributed by atoms with Crippen LogP contribution in [0.15, 0.2) is 47.5 Å². The lowest BCUT2D eigenvalue weighted by molar-refractivity contribution is 0.601. The number of sulfonamides is 1. The predicted molar refractivity (Wildman–Crippen MR) is 76.1 cm³/mol. The molecule has 0 unspecified atom stereocenters. The smallest absolute Gasteiger partial charge is 0.261 e. The molecule has 2 N–H and O–H groups in total. The maximum Gasteiger partial charge on any atom is 0.264 e. The van der Waals surface area contributed by atoms with E-state index in [1.165, 1.54) is 12.1 Å². The van der Waals surface area contributed by atoms with E-state index in [1.54, 1.807) is 30.5 Å². The van der Waals surface area contributed by atoms with Crippen LogP contribution >= 0.6 is 11.6 Å². The molecule has 2 aromatic heterocycles. The van der Waals surface area contributed by atoms with Crippen molar-refractivity contribution in [1.82, 2.24) is 15.2 Å². The van der Waals surface area contributed by atoms with Gasteiger partial charge in [-0.3, -0.25) is 9.82 Å². The molecule has 3 aromatic rings. The molecule has 2 heterocycles. The lowest BCUT2D eigenvalue weighted by atomic mass is 10.3. The van der Waals surface area contributed by atoms with Gasteiger partial charge < -0.3 is 0 Å². The molecular formula is C12H9ClN4O2S. The Labute approximate surface area is 119 Å². The van der Waals surface area contributed by atoms with Crippen molar-refractivity contribution in [2.75, 3.05) is 4.72 Å². The summed E-state index contributed by atoms with van der Waals surface area (Å²) in [7, 11) is -3.80. The molecule has 0 saturated carbocycles. The molecule has 1 aromatic carbocycles. The average Bonchev–Trinajstić information content (AvgIpc) is 2.82. The number of benzene rings is 1. The number of aromatic nitrogens is 3. The lowest BCUT2D eigenvalue weighted by Crippen LogP contribution is -2.13. The first-order valence-electron chi connectivity index (χ1n) is 5.64. The van der Waals surface area contributed by atoms with Gasteiger partial charge >= 0.3 is 0 Å². The zero-order chi connectivity index (χ0) is 14.2. The highest BCUT2D eigenvalue weighted by Crippen LogP contribution is 2.25. The summed E-state index contributed by atoms with van der Waals surface area (Å²) in [5, 5.41) is 7.31. The van der Waals surface area contributed by atoms with Gasteiger partial charge in [0.15, 0.2) is 11.5 Å². The Balaban J connectivity index is 2.04. The van der Waals surface area contributed by atoms with E-state index in [1.807, 2.05) is 0 Å². The van der Waals surface area contributed by atoms with Gasteiger partial charge in [0.25, 0.3) is 10.0 Å². The molecule has 102 valence electrons. The van der Waals surface area contributed by atoms with Crippen molar-refractivity contribution in [2.24, 2.45) is 0 Å². The number of fused-ring (bicyclic) bond motifs is 1. The highest BCUT2D eigenvalue weighted by Gasteiger charge is 2.20. The third kappa shape index (κ3) is 2.21. The average molecular weight is 309 g/mol. The van der Waals surface area contributed by atoms with Gasteiger partial charge in [-0.25, -0.2) is 13.4 Å². The first-order valence-corrected chi connectivity index (χ1v) is 7.50. The molecule has 0 fully saturated rings. The zero-order valence-corrected chi connectivity index (χ0v) is 11.6. The molecule has 0 spiro atoms. The number of hydrogen-bond acceptors (Lipinski definition) is 4. The molecule has 0 amide bonds. The Bertz CT molecular complexity index is 876. The quantitative estimate of drug-likeness (QED) is 0.777. The fourth-order valence-corrected chi connectivity index (χ4v) is 3.32.